The molecule has 0 radical (unpaired) electrons. The van der Waals surface area contributed by atoms with Crippen molar-refractivity contribution in [2.45, 2.75) is 46.6 Å². The first-order valence-electron chi connectivity index (χ1n) is 9.34. The molecule has 8 heteroatoms. The molecular weight excluding hydrogens is 390 g/mol. The van der Waals surface area contributed by atoms with Crippen LogP contribution < -0.4 is 10.5 Å². The first-order valence-corrected chi connectivity index (χ1v) is 9.72. The first kappa shape index (κ1) is 22.1. The van der Waals surface area contributed by atoms with Gasteiger partial charge in [0.25, 0.3) is 5.56 Å². The lowest BCUT2D eigenvalue weighted by molar-refractivity contribution is -0.119. The van der Waals surface area contributed by atoms with Gasteiger partial charge in [-0.3, -0.25) is 9.59 Å². The number of nitriles is 2. The van der Waals surface area contributed by atoms with Crippen molar-refractivity contribution in [2.24, 2.45) is 0 Å². The van der Waals surface area contributed by atoms with Crippen molar-refractivity contribution in [3.05, 3.63) is 56.0 Å². The summed E-state index contributed by atoms with van der Waals surface area (Å²) in [6, 6.07) is 9.12. The smallest absolute Gasteiger partial charge is 0.285 e. The molecule has 0 aliphatic carbocycles. The minimum atomic E-state index is -0.581. The predicted molar refractivity (Wildman–Crippen MR) is 111 cm³/mol. The molecule has 150 valence electrons. The molecule has 0 saturated heterocycles. The Kier molecular flexibility index (Phi) is 7.52. The van der Waals surface area contributed by atoms with Crippen LogP contribution in [-0.2, 0) is 24.2 Å². The molecule has 2 aromatic rings. The van der Waals surface area contributed by atoms with Crippen molar-refractivity contribution in [1.29, 1.82) is 10.5 Å². The average molecular weight is 412 g/mol. The van der Waals surface area contributed by atoms with Crippen LogP contribution in [0.25, 0.3) is 0 Å². The van der Waals surface area contributed by atoms with Crippen LogP contribution in [-0.4, -0.2) is 22.2 Å². The Hall–Kier alpha value is -3.16. The number of carbonyl (C=O) groups excluding carboxylic acids is 1. The predicted octanol–water partition coefficient (Wildman–Crippen LogP) is 3.15. The Morgan fingerprint density at radius 1 is 1.28 bits per heavy atom. The molecule has 0 saturated carbocycles. The quantitative estimate of drug-likeness (QED) is 0.696. The zero-order chi connectivity index (χ0) is 21.6. The normalized spacial score (nSPS) is 10.3. The van der Waals surface area contributed by atoms with Crippen LogP contribution in [0.5, 0.6) is 0 Å². The summed E-state index contributed by atoms with van der Waals surface area (Å²) in [5, 5.41) is 23.3. The summed E-state index contributed by atoms with van der Waals surface area (Å²) in [6.45, 7) is 5.41. The van der Waals surface area contributed by atoms with E-state index < -0.39 is 11.5 Å². The summed E-state index contributed by atoms with van der Waals surface area (Å²) >= 11 is 6.07. The molecule has 0 spiro atoms. The van der Waals surface area contributed by atoms with E-state index in [1.807, 2.05) is 32.9 Å². The van der Waals surface area contributed by atoms with E-state index in [0.717, 1.165) is 10.2 Å². The fraction of sp³-hybridized carbons (Fsp3) is 0.381. The third-order valence-corrected chi connectivity index (χ3v) is 5.05. The molecule has 0 fully saturated rings. The van der Waals surface area contributed by atoms with Gasteiger partial charge in [0.15, 0.2) is 0 Å². The molecule has 0 bridgehead atoms. The summed E-state index contributed by atoms with van der Waals surface area (Å²) in [6.07, 6.45) is 1.19. The van der Waals surface area contributed by atoms with Crippen molar-refractivity contribution < 1.29 is 4.79 Å². The number of anilines is 1. The third kappa shape index (κ3) is 4.82. The molecule has 7 nitrogen and oxygen atoms in total. The van der Waals surface area contributed by atoms with Crippen molar-refractivity contribution in [2.75, 3.05) is 11.4 Å². The van der Waals surface area contributed by atoms with Gasteiger partial charge in [0, 0.05) is 17.3 Å². The topological polar surface area (TPSA) is 103 Å². The number of amides is 1. The molecule has 0 atom stereocenters. The number of hydrogen-bond donors (Lipinski definition) is 0. The van der Waals surface area contributed by atoms with E-state index in [9.17, 15) is 14.9 Å². The Morgan fingerprint density at radius 3 is 2.55 bits per heavy atom. The number of nitrogens with zero attached hydrogens (tertiary/aromatic N) is 5. The van der Waals surface area contributed by atoms with Crippen LogP contribution in [0.1, 0.15) is 42.7 Å². The summed E-state index contributed by atoms with van der Waals surface area (Å²) in [4.78, 5) is 27.2. The molecule has 29 heavy (non-hydrogen) atoms. The maximum atomic E-state index is 13.0. The molecule has 1 amide bonds. The van der Waals surface area contributed by atoms with Gasteiger partial charge in [-0.25, -0.2) is 4.68 Å². The first-order chi connectivity index (χ1) is 13.9. The molecule has 0 N–H and O–H groups in total. The van der Waals surface area contributed by atoms with Gasteiger partial charge in [0.05, 0.1) is 18.2 Å². The number of hydrogen-bond acceptors (Lipinski definition) is 5. The van der Waals surface area contributed by atoms with Crippen molar-refractivity contribution >= 4 is 23.2 Å². The summed E-state index contributed by atoms with van der Waals surface area (Å²) in [7, 11) is 0. The van der Waals surface area contributed by atoms with Crippen molar-refractivity contribution in [1.82, 2.24) is 9.78 Å². The Labute approximate surface area is 174 Å². The Balaban J connectivity index is 2.46. The summed E-state index contributed by atoms with van der Waals surface area (Å²) in [5.74, 6) is -0.397. The minimum Gasteiger partial charge on any atom is -0.310 e. The molecular formula is C21H22ClN5O2. The van der Waals surface area contributed by atoms with Crippen LogP contribution in [0, 0.1) is 29.6 Å². The van der Waals surface area contributed by atoms with E-state index >= 15 is 0 Å². The zero-order valence-electron chi connectivity index (χ0n) is 16.7. The second kappa shape index (κ2) is 9.86. The van der Waals surface area contributed by atoms with E-state index in [4.69, 9.17) is 16.9 Å². The van der Waals surface area contributed by atoms with E-state index in [0.29, 0.717) is 34.8 Å². The average Bonchev–Trinajstić information content (AvgIpc) is 2.71. The van der Waals surface area contributed by atoms with E-state index in [1.54, 1.807) is 18.2 Å². The maximum absolute atomic E-state index is 13.0. The zero-order valence-corrected chi connectivity index (χ0v) is 17.5. The number of rotatable bonds is 7. The lowest BCUT2D eigenvalue weighted by atomic mass is 10.0. The monoisotopic (exact) mass is 411 g/mol. The van der Waals surface area contributed by atoms with Crippen molar-refractivity contribution in [3.8, 4) is 12.1 Å². The number of carbonyl (C=O) groups is 1. The largest absolute Gasteiger partial charge is 0.310 e. The van der Waals surface area contributed by atoms with Gasteiger partial charge in [-0.15, -0.1) is 0 Å². The van der Waals surface area contributed by atoms with Gasteiger partial charge in [-0.05, 0) is 49.1 Å². The highest BCUT2D eigenvalue weighted by Gasteiger charge is 2.21. The van der Waals surface area contributed by atoms with Gasteiger partial charge in [0.2, 0.25) is 5.91 Å². The summed E-state index contributed by atoms with van der Waals surface area (Å²) < 4.78 is 1.04. The minimum absolute atomic E-state index is 0.0260. The fourth-order valence-electron chi connectivity index (χ4n) is 3.11. The Morgan fingerprint density at radius 2 is 2.00 bits per heavy atom. The van der Waals surface area contributed by atoms with E-state index in [-0.39, 0.29) is 25.1 Å². The van der Waals surface area contributed by atoms with Crippen LogP contribution in [0.15, 0.2) is 23.0 Å². The molecule has 0 aliphatic rings. The number of halogens is 1. The van der Waals surface area contributed by atoms with Crippen LogP contribution >= 0.6 is 11.6 Å². The SMILES string of the molecule is CCc1nn(CC(=O)N(CCC#N)c2ccc(Cl)c(C)c2)c(=O)c(C#N)c1CC. The summed E-state index contributed by atoms with van der Waals surface area (Å²) in [5.41, 5.74) is 2.07. The Bertz CT molecular complexity index is 1060. The molecule has 1 heterocycles. The van der Waals surface area contributed by atoms with Crippen LogP contribution in [0.3, 0.4) is 0 Å². The standard InChI is InChI=1S/C21H22ClN5O2/c1-4-16-17(12-24)21(29)27(25-19(16)5-2)13-20(28)26(10-6-9-23)15-7-8-18(22)14(3)11-15/h7-8,11H,4-6,10,13H2,1-3H3. The maximum Gasteiger partial charge on any atom is 0.285 e. The lowest BCUT2D eigenvalue weighted by Gasteiger charge is -2.23. The molecule has 1 aromatic carbocycles. The second-order valence-electron chi connectivity index (χ2n) is 6.47. The van der Waals surface area contributed by atoms with Crippen LogP contribution in [0.2, 0.25) is 5.02 Å². The highest BCUT2D eigenvalue weighted by Crippen LogP contribution is 2.23. The van der Waals surface area contributed by atoms with Crippen molar-refractivity contribution in [3.63, 3.8) is 0 Å². The highest BCUT2D eigenvalue weighted by atomic mass is 35.5. The van der Waals surface area contributed by atoms with Gasteiger partial charge in [0.1, 0.15) is 18.2 Å². The lowest BCUT2D eigenvalue weighted by Crippen LogP contribution is -2.39. The van der Waals surface area contributed by atoms with Gasteiger partial charge in [-0.1, -0.05) is 25.4 Å². The van der Waals surface area contributed by atoms with Gasteiger partial charge in [-0.2, -0.15) is 15.6 Å². The number of aromatic nitrogens is 2. The molecule has 2 rings (SSSR count). The number of aryl methyl sites for hydroxylation is 2. The van der Waals surface area contributed by atoms with Gasteiger partial charge >= 0.3 is 0 Å². The molecule has 1 aromatic heterocycles. The fourth-order valence-corrected chi connectivity index (χ4v) is 3.23. The molecule has 0 unspecified atom stereocenters. The van der Waals surface area contributed by atoms with E-state index in [2.05, 4.69) is 5.10 Å². The van der Waals surface area contributed by atoms with Crippen LogP contribution in [0.4, 0.5) is 5.69 Å². The van der Waals surface area contributed by atoms with E-state index in [1.165, 1.54) is 4.90 Å². The highest BCUT2D eigenvalue weighted by molar-refractivity contribution is 6.31. The third-order valence-electron chi connectivity index (χ3n) is 4.63. The van der Waals surface area contributed by atoms with Gasteiger partial charge < -0.3 is 4.90 Å². The number of benzene rings is 1. The second-order valence-corrected chi connectivity index (χ2v) is 6.88. The molecule has 0 aliphatic heterocycles.